The predicted molar refractivity (Wildman–Crippen MR) is 56.5 cm³/mol. The summed E-state index contributed by atoms with van der Waals surface area (Å²) in [5, 5.41) is 8.79. The molecule has 0 radical (unpaired) electrons. The third-order valence-electron chi connectivity index (χ3n) is 1.76. The van der Waals surface area contributed by atoms with Gasteiger partial charge in [0.25, 0.3) is 0 Å². The summed E-state index contributed by atoms with van der Waals surface area (Å²) in [6.07, 6.45) is 0.699. The first-order valence-corrected chi connectivity index (χ1v) is 5.64. The third-order valence-corrected chi connectivity index (χ3v) is 3.05. The van der Waals surface area contributed by atoms with Crippen LogP contribution < -0.4 is 0 Å². The van der Waals surface area contributed by atoms with Gasteiger partial charge in [0.2, 0.25) is 0 Å². The minimum absolute atomic E-state index is 0.213. The van der Waals surface area contributed by atoms with E-state index in [9.17, 15) is 4.79 Å². The van der Waals surface area contributed by atoms with Gasteiger partial charge in [-0.05, 0) is 23.8 Å². The lowest BCUT2D eigenvalue weighted by Crippen LogP contribution is -2.03. The molecule has 3 nitrogen and oxygen atoms in total. The first-order valence-electron chi connectivity index (χ1n) is 4.48. The van der Waals surface area contributed by atoms with E-state index in [1.807, 2.05) is 6.92 Å². The van der Waals surface area contributed by atoms with Crippen molar-refractivity contribution >= 4 is 18.0 Å². The molecule has 0 bridgehead atoms. The van der Waals surface area contributed by atoms with Crippen molar-refractivity contribution in [2.75, 3.05) is 12.4 Å². The van der Waals surface area contributed by atoms with Crippen LogP contribution in [0.5, 0.6) is 0 Å². The van der Waals surface area contributed by atoms with Crippen LogP contribution >= 0.6 is 11.8 Å². The van der Waals surface area contributed by atoms with Crippen molar-refractivity contribution < 1.29 is 14.3 Å². The molecule has 0 fully saturated rings. The van der Waals surface area contributed by atoms with Crippen molar-refractivity contribution in [1.29, 1.82) is 0 Å². The summed E-state index contributed by atoms with van der Waals surface area (Å²) in [6, 6.07) is 3.47. The van der Waals surface area contributed by atoms with Crippen molar-refractivity contribution in [3.63, 3.8) is 0 Å². The number of aldehydes is 1. The van der Waals surface area contributed by atoms with Crippen molar-refractivity contribution in [2.24, 2.45) is 5.92 Å². The molecule has 14 heavy (non-hydrogen) atoms. The van der Waals surface area contributed by atoms with Crippen LogP contribution in [0.1, 0.15) is 23.2 Å². The van der Waals surface area contributed by atoms with E-state index in [0.29, 0.717) is 18.0 Å². The molecular formula is C10H14O3S. The van der Waals surface area contributed by atoms with Gasteiger partial charge in [-0.1, -0.05) is 6.92 Å². The Morgan fingerprint density at radius 1 is 1.64 bits per heavy atom. The molecule has 1 aromatic heterocycles. The van der Waals surface area contributed by atoms with E-state index in [1.165, 1.54) is 0 Å². The zero-order valence-corrected chi connectivity index (χ0v) is 8.92. The zero-order valence-electron chi connectivity index (χ0n) is 8.10. The fourth-order valence-electron chi connectivity index (χ4n) is 0.949. The highest BCUT2D eigenvalue weighted by Crippen LogP contribution is 2.16. The minimum Gasteiger partial charge on any atom is -0.457 e. The van der Waals surface area contributed by atoms with Gasteiger partial charge in [-0.3, -0.25) is 4.79 Å². The van der Waals surface area contributed by atoms with E-state index < -0.39 is 0 Å². The second-order valence-electron chi connectivity index (χ2n) is 3.22. The largest absolute Gasteiger partial charge is 0.457 e. The third kappa shape index (κ3) is 3.55. The molecule has 1 unspecified atom stereocenters. The highest BCUT2D eigenvalue weighted by Gasteiger charge is 2.03. The van der Waals surface area contributed by atoms with Gasteiger partial charge in [0, 0.05) is 6.61 Å². The lowest BCUT2D eigenvalue weighted by Gasteiger charge is -2.05. The van der Waals surface area contributed by atoms with Crippen molar-refractivity contribution in [2.45, 2.75) is 12.7 Å². The van der Waals surface area contributed by atoms with Gasteiger partial charge in [0.15, 0.2) is 12.0 Å². The number of aliphatic hydroxyl groups excluding tert-OH is 1. The number of carbonyl (C=O) groups is 1. The first kappa shape index (κ1) is 11.3. The molecule has 0 saturated carbocycles. The monoisotopic (exact) mass is 214 g/mol. The van der Waals surface area contributed by atoms with Crippen LogP contribution in [-0.2, 0) is 5.75 Å². The van der Waals surface area contributed by atoms with Crippen molar-refractivity contribution in [3.8, 4) is 0 Å². The molecule has 0 amide bonds. The number of hydrogen-bond acceptors (Lipinski definition) is 4. The molecule has 4 heteroatoms. The van der Waals surface area contributed by atoms with Crippen LogP contribution in [0, 0.1) is 5.92 Å². The van der Waals surface area contributed by atoms with Crippen LogP contribution in [0.3, 0.4) is 0 Å². The first-order chi connectivity index (χ1) is 6.76. The standard InChI is InChI=1S/C10H14O3S/c1-8(4-11)6-14-7-10-3-2-9(5-12)13-10/h2-3,5,8,11H,4,6-7H2,1H3. The lowest BCUT2D eigenvalue weighted by atomic mass is 10.2. The number of thioether (sulfide) groups is 1. The number of rotatable bonds is 6. The molecule has 0 aromatic carbocycles. The SMILES string of the molecule is CC(CO)CSCc1ccc(C=O)o1. The maximum absolute atomic E-state index is 10.3. The average molecular weight is 214 g/mol. The topological polar surface area (TPSA) is 50.4 Å². The van der Waals surface area contributed by atoms with Gasteiger partial charge in [0.1, 0.15) is 5.76 Å². The molecule has 1 aromatic rings. The smallest absolute Gasteiger partial charge is 0.185 e. The molecule has 0 aliphatic rings. The Morgan fingerprint density at radius 3 is 3.00 bits per heavy atom. The van der Waals surface area contributed by atoms with Crippen LogP contribution in [0.25, 0.3) is 0 Å². The predicted octanol–water partition coefficient (Wildman–Crippen LogP) is 1.95. The van der Waals surface area contributed by atoms with Gasteiger partial charge in [-0.2, -0.15) is 11.8 Å². The molecule has 0 spiro atoms. The Kier molecular flexibility index (Phi) is 4.76. The number of hydrogen-bond donors (Lipinski definition) is 1. The Labute approximate surface area is 87.5 Å². The molecule has 1 rings (SSSR count). The molecule has 1 N–H and O–H groups in total. The normalized spacial score (nSPS) is 12.7. The van der Waals surface area contributed by atoms with Gasteiger partial charge in [-0.25, -0.2) is 0 Å². The van der Waals surface area contributed by atoms with E-state index in [1.54, 1.807) is 23.9 Å². The molecular weight excluding hydrogens is 200 g/mol. The van der Waals surface area contributed by atoms with E-state index in [-0.39, 0.29) is 6.61 Å². The quantitative estimate of drug-likeness (QED) is 0.735. The molecule has 1 heterocycles. The van der Waals surface area contributed by atoms with Crippen LogP contribution in [0.2, 0.25) is 0 Å². The highest BCUT2D eigenvalue weighted by atomic mass is 32.2. The van der Waals surface area contributed by atoms with Crippen molar-refractivity contribution in [3.05, 3.63) is 23.7 Å². The molecule has 0 aliphatic heterocycles. The van der Waals surface area contributed by atoms with Crippen molar-refractivity contribution in [1.82, 2.24) is 0 Å². The number of furan rings is 1. The minimum atomic E-state index is 0.213. The Bertz CT molecular complexity index is 283. The maximum atomic E-state index is 10.3. The fourth-order valence-corrected chi connectivity index (χ4v) is 1.93. The van der Waals surface area contributed by atoms with E-state index in [0.717, 1.165) is 17.3 Å². The zero-order chi connectivity index (χ0) is 10.4. The van der Waals surface area contributed by atoms with Crippen LogP contribution in [-0.4, -0.2) is 23.8 Å². The van der Waals surface area contributed by atoms with E-state index in [4.69, 9.17) is 9.52 Å². The Hall–Kier alpha value is -0.740. The second-order valence-corrected chi connectivity index (χ2v) is 4.26. The molecule has 0 aliphatic carbocycles. The summed E-state index contributed by atoms with van der Waals surface area (Å²) >= 11 is 1.69. The summed E-state index contributed by atoms with van der Waals surface area (Å²) in [6.45, 7) is 2.21. The molecule has 78 valence electrons. The van der Waals surface area contributed by atoms with Gasteiger partial charge >= 0.3 is 0 Å². The molecule has 1 atom stereocenters. The Morgan fingerprint density at radius 2 is 2.43 bits per heavy atom. The number of carbonyl (C=O) groups excluding carboxylic acids is 1. The van der Waals surface area contributed by atoms with Crippen LogP contribution in [0.4, 0.5) is 0 Å². The van der Waals surface area contributed by atoms with Crippen LogP contribution in [0.15, 0.2) is 16.5 Å². The number of aliphatic hydroxyl groups is 1. The summed E-state index contributed by atoms with van der Waals surface area (Å²) in [5.41, 5.74) is 0. The van der Waals surface area contributed by atoms with Gasteiger partial charge in [-0.15, -0.1) is 0 Å². The average Bonchev–Trinajstić information content (AvgIpc) is 2.65. The van der Waals surface area contributed by atoms with Gasteiger partial charge in [0.05, 0.1) is 5.75 Å². The second kappa shape index (κ2) is 5.88. The molecule has 0 saturated heterocycles. The highest BCUT2D eigenvalue weighted by molar-refractivity contribution is 7.98. The maximum Gasteiger partial charge on any atom is 0.185 e. The lowest BCUT2D eigenvalue weighted by molar-refractivity contribution is 0.109. The summed E-state index contributed by atoms with van der Waals surface area (Å²) in [7, 11) is 0. The van der Waals surface area contributed by atoms with Gasteiger partial charge < -0.3 is 9.52 Å². The summed E-state index contributed by atoms with van der Waals surface area (Å²) < 4.78 is 5.20. The summed E-state index contributed by atoms with van der Waals surface area (Å²) in [4.78, 5) is 10.3. The fraction of sp³-hybridized carbons (Fsp3) is 0.500. The Balaban J connectivity index is 2.27. The van der Waals surface area contributed by atoms with E-state index >= 15 is 0 Å². The van der Waals surface area contributed by atoms with E-state index in [2.05, 4.69) is 0 Å². The summed E-state index contributed by atoms with van der Waals surface area (Å²) in [5.74, 6) is 3.13.